The zero-order valence-electron chi connectivity index (χ0n) is 15.2. The summed E-state index contributed by atoms with van der Waals surface area (Å²) >= 11 is 7.05. The number of amides is 2. The van der Waals surface area contributed by atoms with Crippen LogP contribution in [0.15, 0.2) is 60.7 Å². The number of para-hydroxylation sites is 1. The van der Waals surface area contributed by atoms with Gasteiger partial charge in [0.25, 0.3) is 0 Å². The average Bonchev–Trinajstić information content (AvgIpc) is 3.09. The van der Waals surface area contributed by atoms with Gasteiger partial charge in [0.2, 0.25) is 0 Å². The number of halogens is 2. The van der Waals surface area contributed by atoms with Gasteiger partial charge >= 0.3 is 6.03 Å². The molecule has 0 aliphatic rings. The van der Waals surface area contributed by atoms with Gasteiger partial charge in [-0.05, 0) is 42.5 Å². The van der Waals surface area contributed by atoms with Crippen molar-refractivity contribution in [1.29, 1.82) is 0 Å². The standard InChI is InChI=1S/C20H15ClFN5OS/c1-27(16-9-7-12(21)11-14(16)22)17-10-8-15-18(25-17)29-20(24-15)26-19(28)23-13-5-3-2-4-6-13/h2-11H,1H3,(H2,23,24,26,28). The third-order valence-corrected chi connectivity index (χ3v) is 5.22. The van der Waals surface area contributed by atoms with Crippen LogP contribution in [-0.4, -0.2) is 23.0 Å². The number of nitrogens with zero attached hydrogens (tertiary/aromatic N) is 3. The summed E-state index contributed by atoms with van der Waals surface area (Å²) in [5.41, 5.74) is 1.67. The number of carbonyl (C=O) groups excluding carboxylic acids is 1. The SMILES string of the molecule is CN(c1ccc2nc(NC(=O)Nc3ccccc3)sc2n1)c1ccc(Cl)cc1F. The molecule has 2 N–H and O–H groups in total. The summed E-state index contributed by atoms with van der Waals surface area (Å²) in [5, 5.41) is 6.18. The van der Waals surface area contributed by atoms with E-state index in [0.29, 0.717) is 37.7 Å². The van der Waals surface area contributed by atoms with Crippen molar-refractivity contribution in [3.8, 4) is 0 Å². The number of rotatable bonds is 4. The van der Waals surface area contributed by atoms with E-state index in [0.717, 1.165) is 0 Å². The van der Waals surface area contributed by atoms with Gasteiger partial charge in [-0.1, -0.05) is 41.1 Å². The fraction of sp³-hybridized carbons (Fsp3) is 0.0500. The molecule has 9 heteroatoms. The molecule has 4 aromatic rings. The molecule has 0 saturated heterocycles. The van der Waals surface area contributed by atoms with Crippen LogP contribution < -0.4 is 15.5 Å². The Kier molecular flexibility index (Phi) is 5.28. The van der Waals surface area contributed by atoms with Gasteiger partial charge < -0.3 is 10.2 Å². The van der Waals surface area contributed by atoms with Crippen LogP contribution in [0.5, 0.6) is 0 Å². The predicted octanol–water partition coefficient (Wildman–Crippen LogP) is 5.90. The lowest BCUT2D eigenvalue weighted by Gasteiger charge is -2.18. The maximum absolute atomic E-state index is 14.2. The summed E-state index contributed by atoms with van der Waals surface area (Å²) in [6.07, 6.45) is 0. The number of fused-ring (bicyclic) bond motifs is 1. The van der Waals surface area contributed by atoms with Crippen molar-refractivity contribution in [2.75, 3.05) is 22.6 Å². The molecule has 2 amide bonds. The Morgan fingerprint density at radius 2 is 1.86 bits per heavy atom. The van der Waals surface area contributed by atoms with E-state index in [-0.39, 0.29) is 0 Å². The molecule has 0 fully saturated rings. The second-order valence-electron chi connectivity index (χ2n) is 6.11. The lowest BCUT2D eigenvalue weighted by Crippen LogP contribution is -2.19. The predicted molar refractivity (Wildman–Crippen MR) is 116 cm³/mol. The van der Waals surface area contributed by atoms with E-state index in [9.17, 15) is 9.18 Å². The van der Waals surface area contributed by atoms with Gasteiger partial charge in [0.05, 0.1) is 5.69 Å². The summed E-state index contributed by atoms with van der Waals surface area (Å²) in [4.78, 5) is 23.3. The highest BCUT2D eigenvalue weighted by Crippen LogP contribution is 2.31. The van der Waals surface area contributed by atoms with Crippen LogP contribution in [0, 0.1) is 5.82 Å². The Labute approximate surface area is 175 Å². The van der Waals surface area contributed by atoms with Crippen LogP contribution in [-0.2, 0) is 0 Å². The molecule has 2 heterocycles. The molecular weight excluding hydrogens is 413 g/mol. The maximum atomic E-state index is 14.2. The Morgan fingerprint density at radius 1 is 1.07 bits per heavy atom. The first kappa shape index (κ1) is 19.1. The number of hydrogen-bond acceptors (Lipinski definition) is 5. The average molecular weight is 428 g/mol. The van der Waals surface area contributed by atoms with Crippen LogP contribution >= 0.6 is 22.9 Å². The fourth-order valence-electron chi connectivity index (χ4n) is 2.71. The Hall–Kier alpha value is -3.23. The first-order valence-corrected chi connectivity index (χ1v) is 9.78. The van der Waals surface area contributed by atoms with Crippen molar-refractivity contribution in [1.82, 2.24) is 9.97 Å². The largest absolute Gasteiger partial charge is 0.327 e. The third kappa shape index (κ3) is 4.28. The second-order valence-corrected chi connectivity index (χ2v) is 7.53. The number of aromatic nitrogens is 2. The number of benzene rings is 2. The highest BCUT2D eigenvalue weighted by atomic mass is 35.5. The summed E-state index contributed by atoms with van der Waals surface area (Å²) in [6.45, 7) is 0. The van der Waals surface area contributed by atoms with Crippen LogP contribution in [0.1, 0.15) is 0 Å². The number of pyridine rings is 1. The first-order valence-electron chi connectivity index (χ1n) is 8.59. The van der Waals surface area contributed by atoms with Crippen LogP contribution in [0.4, 0.5) is 31.5 Å². The minimum absolute atomic E-state index is 0.329. The van der Waals surface area contributed by atoms with Crippen molar-refractivity contribution in [3.05, 3.63) is 71.5 Å². The smallest absolute Gasteiger partial charge is 0.325 e. The van der Waals surface area contributed by atoms with Crippen molar-refractivity contribution >= 4 is 61.6 Å². The van der Waals surface area contributed by atoms with Gasteiger partial charge in [-0.2, -0.15) is 0 Å². The molecule has 146 valence electrons. The van der Waals surface area contributed by atoms with Crippen LogP contribution in [0.2, 0.25) is 5.02 Å². The summed E-state index contributed by atoms with van der Waals surface area (Å²) in [7, 11) is 1.72. The van der Waals surface area contributed by atoms with Gasteiger partial charge in [0, 0.05) is 17.8 Å². The highest BCUT2D eigenvalue weighted by molar-refractivity contribution is 7.22. The van der Waals surface area contributed by atoms with Gasteiger partial charge in [0.1, 0.15) is 22.0 Å². The molecule has 2 aromatic carbocycles. The van der Waals surface area contributed by atoms with Crippen molar-refractivity contribution in [3.63, 3.8) is 0 Å². The maximum Gasteiger partial charge on any atom is 0.325 e. The molecule has 0 unspecified atom stereocenters. The molecule has 0 spiro atoms. The van der Waals surface area contributed by atoms with E-state index in [4.69, 9.17) is 11.6 Å². The van der Waals surface area contributed by atoms with Crippen molar-refractivity contribution in [2.24, 2.45) is 0 Å². The van der Waals surface area contributed by atoms with Gasteiger partial charge in [-0.25, -0.2) is 19.2 Å². The number of urea groups is 1. The zero-order chi connectivity index (χ0) is 20.4. The topological polar surface area (TPSA) is 70.2 Å². The summed E-state index contributed by atoms with van der Waals surface area (Å²) < 4.78 is 14.2. The van der Waals surface area contributed by atoms with E-state index in [1.165, 1.54) is 17.4 Å². The van der Waals surface area contributed by atoms with Crippen molar-refractivity contribution < 1.29 is 9.18 Å². The number of nitrogens with one attached hydrogen (secondary N) is 2. The minimum atomic E-state index is -0.439. The molecule has 4 rings (SSSR count). The van der Waals surface area contributed by atoms with E-state index in [2.05, 4.69) is 20.6 Å². The van der Waals surface area contributed by atoms with E-state index >= 15 is 0 Å². The van der Waals surface area contributed by atoms with Crippen LogP contribution in [0.25, 0.3) is 10.3 Å². The Balaban J connectivity index is 1.53. The molecule has 6 nitrogen and oxygen atoms in total. The van der Waals surface area contributed by atoms with Gasteiger partial charge in [-0.15, -0.1) is 0 Å². The Morgan fingerprint density at radius 3 is 2.62 bits per heavy atom. The molecular formula is C20H15ClFN5OS. The van der Waals surface area contributed by atoms with Gasteiger partial charge in [-0.3, -0.25) is 5.32 Å². The molecule has 0 aliphatic heterocycles. The van der Waals surface area contributed by atoms with Crippen LogP contribution in [0.3, 0.4) is 0 Å². The normalized spacial score (nSPS) is 10.7. The molecule has 0 saturated carbocycles. The quantitative estimate of drug-likeness (QED) is 0.425. The Bertz CT molecular complexity index is 1180. The molecule has 0 bridgehead atoms. The first-order chi connectivity index (χ1) is 14.0. The van der Waals surface area contributed by atoms with E-state index in [1.54, 1.807) is 48.3 Å². The highest BCUT2D eigenvalue weighted by Gasteiger charge is 2.14. The second kappa shape index (κ2) is 8.02. The molecule has 0 radical (unpaired) electrons. The van der Waals surface area contributed by atoms with E-state index in [1.807, 2.05) is 18.2 Å². The number of carbonyl (C=O) groups is 1. The lowest BCUT2D eigenvalue weighted by molar-refractivity contribution is 0.262. The number of hydrogen-bond donors (Lipinski definition) is 2. The molecule has 0 atom stereocenters. The zero-order valence-corrected chi connectivity index (χ0v) is 16.8. The summed E-state index contributed by atoms with van der Waals surface area (Å²) in [5.74, 6) is 0.105. The monoisotopic (exact) mass is 427 g/mol. The minimum Gasteiger partial charge on any atom is -0.327 e. The summed E-state index contributed by atoms with van der Waals surface area (Å²) in [6, 6.07) is 16.7. The fourth-order valence-corrected chi connectivity index (χ4v) is 3.69. The molecule has 29 heavy (non-hydrogen) atoms. The number of anilines is 4. The third-order valence-electron chi connectivity index (χ3n) is 4.11. The molecule has 2 aromatic heterocycles. The van der Waals surface area contributed by atoms with E-state index < -0.39 is 11.8 Å². The molecule has 0 aliphatic carbocycles. The number of thiazole rings is 1. The lowest BCUT2D eigenvalue weighted by atomic mass is 10.2. The van der Waals surface area contributed by atoms with Crippen molar-refractivity contribution in [2.45, 2.75) is 0 Å². The van der Waals surface area contributed by atoms with Gasteiger partial charge in [0.15, 0.2) is 5.13 Å².